The van der Waals surface area contributed by atoms with E-state index in [1.165, 1.54) is 0 Å². The molecule has 0 saturated carbocycles. The zero-order valence-corrected chi connectivity index (χ0v) is 10.9. The minimum Gasteiger partial charge on any atom is -0.493 e. The van der Waals surface area contributed by atoms with Crippen LogP contribution in [-0.2, 0) is 0 Å². The van der Waals surface area contributed by atoms with Crippen LogP contribution >= 0.6 is 0 Å². The van der Waals surface area contributed by atoms with Gasteiger partial charge in [-0.2, -0.15) is 0 Å². The molecule has 0 unspecified atom stereocenters. The molecule has 2 aromatic heterocycles. The van der Waals surface area contributed by atoms with Crippen LogP contribution in [-0.4, -0.2) is 19.4 Å². The first-order chi connectivity index (χ1) is 9.22. The maximum atomic E-state index is 5.56. The van der Waals surface area contributed by atoms with E-state index in [9.17, 15) is 0 Å². The van der Waals surface area contributed by atoms with Gasteiger partial charge in [0, 0.05) is 6.07 Å². The molecule has 3 aromatic rings. The van der Waals surface area contributed by atoms with Crippen molar-refractivity contribution in [3.05, 3.63) is 30.0 Å². The SMILES string of the molecule is COc1cc2noc(-c3ccc(C)o3)c2cc1OC. The summed E-state index contributed by atoms with van der Waals surface area (Å²) in [6.07, 6.45) is 0. The molecule has 5 nitrogen and oxygen atoms in total. The predicted octanol–water partition coefficient (Wildman–Crippen LogP) is 3.41. The molecule has 0 spiro atoms. The summed E-state index contributed by atoms with van der Waals surface area (Å²) in [7, 11) is 3.18. The number of furan rings is 1. The summed E-state index contributed by atoms with van der Waals surface area (Å²) in [6.45, 7) is 1.88. The highest BCUT2D eigenvalue weighted by Crippen LogP contribution is 2.37. The van der Waals surface area contributed by atoms with Gasteiger partial charge in [-0.15, -0.1) is 0 Å². The van der Waals surface area contributed by atoms with Crippen molar-refractivity contribution in [2.24, 2.45) is 0 Å². The third-order valence-electron chi connectivity index (χ3n) is 2.95. The van der Waals surface area contributed by atoms with Crippen LogP contribution in [0.5, 0.6) is 11.5 Å². The minimum absolute atomic E-state index is 0.587. The quantitative estimate of drug-likeness (QED) is 0.721. The third kappa shape index (κ3) is 1.83. The predicted molar refractivity (Wildman–Crippen MR) is 69.6 cm³/mol. The lowest BCUT2D eigenvalue weighted by atomic mass is 10.1. The summed E-state index contributed by atoms with van der Waals surface area (Å²) < 4.78 is 21.4. The van der Waals surface area contributed by atoms with E-state index in [4.69, 9.17) is 18.4 Å². The zero-order chi connectivity index (χ0) is 13.4. The Morgan fingerprint density at radius 2 is 1.79 bits per heavy atom. The smallest absolute Gasteiger partial charge is 0.210 e. The maximum Gasteiger partial charge on any atom is 0.210 e. The Morgan fingerprint density at radius 1 is 1.05 bits per heavy atom. The van der Waals surface area contributed by atoms with Crippen LogP contribution in [0.2, 0.25) is 0 Å². The van der Waals surface area contributed by atoms with Gasteiger partial charge in [0.2, 0.25) is 5.76 Å². The summed E-state index contributed by atoms with van der Waals surface area (Å²) in [5, 5.41) is 4.84. The van der Waals surface area contributed by atoms with Crippen molar-refractivity contribution in [1.82, 2.24) is 5.16 Å². The van der Waals surface area contributed by atoms with E-state index in [2.05, 4.69) is 5.16 Å². The lowest BCUT2D eigenvalue weighted by Crippen LogP contribution is -1.90. The van der Waals surface area contributed by atoms with Crippen molar-refractivity contribution < 1.29 is 18.4 Å². The van der Waals surface area contributed by atoms with E-state index >= 15 is 0 Å². The van der Waals surface area contributed by atoms with E-state index < -0.39 is 0 Å². The number of benzene rings is 1. The van der Waals surface area contributed by atoms with Gasteiger partial charge in [-0.3, -0.25) is 0 Å². The van der Waals surface area contributed by atoms with Crippen LogP contribution in [0.3, 0.4) is 0 Å². The lowest BCUT2D eigenvalue weighted by molar-refractivity contribution is 0.355. The van der Waals surface area contributed by atoms with E-state index in [-0.39, 0.29) is 0 Å². The summed E-state index contributed by atoms with van der Waals surface area (Å²) in [5.74, 6) is 3.30. The molecule has 2 heterocycles. The molecule has 0 atom stereocenters. The molecule has 0 saturated heterocycles. The molecular weight excluding hydrogens is 246 g/mol. The zero-order valence-electron chi connectivity index (χ0n) is 10.9. The van der Waals surface area contributed by atoms with E-state index in [1.54, 1.807) is 20.3 Å². The van der Waals surface area contributed by atoms with Gasteiger partial charge >= 0.3 is 0 Å². The molecule has 98 valence electrons. The molecule has 0 aliphatic rings. The van der Waals surface area contributed by atoms with Gasteiger partial charge in [-0.1, -0.05) is 5.16 Å². The summed E-state index contributed by atoms with van der Waals surface area (Å²) in [4.78, 5) is 0. The average Bonchev–Trinajstić information content (AvgIpc) is 3.02. The van der Waals surface area contributed by atoms with E-state index in [0.29, 0.717) is 28.5 Å². The first-order valence-corrected chi connectivity index (χ1v) is 5.81. The highest BCUT2D eigenvalue weighted by atomic mass is 16.5. The molecule has 5 heteroatoms. The first-order valence-electron chi connectivity index (χ1n) is 5.81. The molecule has 1 aromatic carbocycles. The molecule has 0 bridgehead atoms. The van der Waals surface area contributed by atoms with E-state index in [0.717, 1.165) is 11.1 Å². The fraction of sp³-hybridized carbons (Fsp3) is 0.214. The first kappa shape index (κ1) is 11.6. The van der Waals surface area contributed by atoms with Crippen LogP contribution in [0.15, 0.2) is 33.2 Å². The molecule has 19 heavy (non-hydrogen) atoms. The number of aromatic nitrogens is 1. The number of fused-ring (bicyclic) bond motifs is 1. The standard InChI is InChI=1S/C14H13NO4/c1-8-4-5-11(18-8)14-9-6-12(16-2)13(17-3)7-10(9)15-19-14/h4-7H,1-3H3. The highest BCUT2D eigenvalue weighted by molar-refractivity contribution is 5.92. The van der Waals surface area contributed by atoms with Crippen LogP contribution in [0.4, 0.5) is 0 Å². The van der Waals surface area contributed by atoms with Gasteiger partial charge in [0.15, 0.2) is 17.3 Å². The summed E-state index contributed by atoms with van der Waals surface area (Å²) >= 11 is 0. The second kappa shape index (κ2) is 4.35. The Hall–Kier alpha value is -2.43. The number of aryl methyl sites for hydroxylation is 1. The third-order valence-corrected chi connectivity index (χ3v) is 2.95. The summed E-state index contributed by atoms with van der Waals surface area (Å²) in [5.41, 5.74) is 0.696. The molecule has 0 amide bonds. The molecule has 0 fully saturated rings. The Kier molecular flexibility index (Phi) is 2.67. The molecule has 0 N–H and O–H groups in total. The number of methoxy groups -OCH3 is 2. The number of hydrogen-bond donors (Lipinski definition) is 0. The monoisotopic (exact) mass is 259 g/mol. The Balaban J connectivity index is 2.22. The van der Waals surface area contributed by atoms with Crippen LogP contribution in [0, 0.1) is 6.92 Å². The topological polar surface area (TPSA) is 57.6 Å². The van der Waals surface area contributed by atoms with Crippen molar-refractivity contribution in [2.75, 3.05) is 14.2 Å². The number of ether oxygens (including phenoxy) is 2. The van der Waals surface area contributed by atoms with Gasteiger partial charge in [0.05, 0.1) is 19.6 Å². The fourth-order valence-electron chi connectivity index (χ4n) is 2.00. The van der Waals surface area contributed by atoms with Crippen LogP contribution in [0.25, 0.3) is 22.4 Å². The lowest BCUT2D eigenvalue weighted by Gasteiger charge is -2.06. The van der Waals surface area contributed by atoms with Crippen LogP contribution in [0.1, 0.15) is 5.76 Å². The Morgan fingerprint density at radius 3 is 2.42 bits per heavy atom. The van der Waals surface area contributed by atoms with Crippen molar-refractivity contribution >= 4 is 10.9 Å². The second-order valence-electron chi connectivity index (χ2n) is 4.15. The molecule has 0 aliphatic carbocycles. The number of nitrogens with zero attached hydrogens (tertiary/aromatic N) is 1. The van der Waals surface area contributed by atoms with Gasteiger partial charge < -0.3 is 18.4 Å². The van der Waals surface area contributed by atoms with Gasteiger partial charge in [0.1, 0.15) is 11.3 Å². The molecule has 0 aliphatic heterocycles. The number of rotatable bonds is 3. The summed E-state index contributed by atoms with van der Waals surface area (Å²) in [6, 6.07) is 7.34. The Bertz CT molecular complexity index is 726. The van der Waals surface area contributed by atoms with Crippen molar-refractivity contribution in [2.45, 2.75) is 6.92 Å². The largest absolute Gasteiger partial charge is 0.493 e. The average molecular weight is 259 g/mol. The molecule has 0 radical (unpaired) electrons. The van der Waals surface area contributed by atoms with Crippen molar-refractivity contribution in [3.63, 3.8) is 0 Å². The van der Waals surface area contributed by atoms with Crippen molar-refractivity contribution in [3.8, 4) is 23.0 Å². The van der Waals surface area contributed by atoms with E-state index in [1.807, 2.05) is 25.1 Å². The van der Waals surface area contributed by atoms with Gasteiger partial charge in [-0.05, 0) is 25.1 Å². The normalized spacial score (nSPS) is 10.9. The van der Waals surface area contributed by atoms with Gasteiger partial charge in [0.25, 0.3) is 0 Å². The molecule has 3 rings (SSSR count). The Labute approximate surface area is 109 Å². The maximum absolute atomic E-state index is 5.56. The molecular formula is C14H13NO4. The van der Waals surface area contributed by atoms with Gasteiger partial charge in [-0.25, -0.2) is 0 Å². The van der Waals surface area contributed by atoms with Crippen molar-refractivity contribution in [1.29, 1.82) is 0 Å². The highest BCUT2D eigenvalue weighted by Gasteiger charge is 2.17. The fourth-order valence-corrected chi connectivity index (χ4v) is 2.00. The minimum atomic E-state index is 0.587. The van der Waals surface area contributed by atoms with Crippen LogP contribution < -0.4 is 9.47 Å². The number of hydrogen-bond acceptors (Lipinski definition) is 5. The second-order valence-corrected chi connectivity index (χ2v) is 4.15.